The van der Waals surface area contributed by atoms with Crippen LogP contribution in [0.4, 0.5) is 4.39 Å². The number of fused-ring (bicyclic) bond motifs is 1. The minimum absolute atomic E-state index is 0.131. The van der Waals surface area contributed by atoms with Crippen LogP contribution in [0.2, 0.25) is 0 Å². The van der Waals surface area contributed by atoms with Crippen LogP contribution < -0.4 is 4.74 Å². The highest BCUT2D eigenvalue weighted by Gasteiger charge is 2.45. The number of carbonyl (C=O) groups excluding carboxylic acids is 1. The summed E-state index contributed by atoms with van der Waals surface area (Å²) in [4.78, 5) is 17.1. The number of methoxy groups -OCH3 is 1. The minimum atomic E-state index is -0.514. The fourth-order valence-electron chi connectivity index (χ4n) is 5.02. The van der Waals surface area contributed by atoms with Gasteiger partial charge in [-0.2, -0.15) is 0 Å². The van der Waals surface area contributed by atoms with E-state index in [0.717, 1.165) is 25.9 Å². The monoisotopic (exact) mass is 362 g/mol. The van der Waals surface area contributed by atoms with E-state index in [1.165, 1.54) is 32.1 Å². The van der Waals surface area contributed by atoms with E-state index in [0.29, 0.717) is 30.5 Å². The van der Waals surface area contributed by atoms with Gasteiger partial charge in [0.25, 0.3) is 5.91 Å². The van der Waals surface area contributed by atoms with Crippen molar-refractivity contribution in [3.8, 4) is 5.75 Å². The summed E-state index contributed by atoms with van der Waals surface area (Å²) in [5, 5.41) is 10.6. The molecule has 1 aromatic rings. The van der Waals surface area contributed by atoms with E-state index < -0.39 is 5.82 Å². The summed E-state index contributed by atoms with van der Waals surface area (Å²) in [5.41, 5.74) is 0.360. The Morgan fingerprint density at radius 1 is 1.19 bits per heavy atom. The second-order valence-electron chi connectivity index (χ2n) is 7.93. The Morgan fingerprint density at radius 3 is 2.54 bits per heavy atom. The van der Waals surface area contributed by atoms with Gasteiger partial charge in [-0.15, -0.1) is 0 Å². The summed E-state index contributed by atoms with van der Waals surface area (Å²) in [7, 11) is 1.41. The molecule has 1 amide bonds. The summed E-state index contributed by atoms with van der Waals surface area (Å²) in [5.74, 6) is 0.271. The molecule has 1 N–H and O–H groups in total. The molecular weight excluding hydrogens is 335 g/mol. The average Bonchev–Trinajstić information content (AvgIpc) is 3.29. The smallest absolute Gasteiger partial charge is 0.253 e. The van der Waals surface area contributed by atoms with Gasteiger partial charge in [0.15, 0.2) is 11.6 Å². The minimum Gasteiger partial charge on any atom is -0.494 e. The molecule has 1 aromatic carbocycles. The number of benzene rings is 1. The summed E-state index contributed by atoms with van der Waals surface area (Å²) in [6.45, 7) is 3.51. The first-order valence-corrected chi connectivity index (χ1v) is 9.61. The van der Waals surface area contributed by atoms with E-state index in [1.54, 1.807) is 6.07 Å². The number of rotatable bonds is 3. The van der Waals surface area contributed by atoms with Crippen molar-refractivity contribution in [2.45, 2.75) is 37.8 Å². The second-order valence-corrected chi connectivity index (χ2v) is 7.93. The molecule has 0 unspecified atom stereocenters. The van der Waals surface area contributed by atoms with Crippen molar-refractivity contribution in [1.82, 2.24) is 9.80 Å². The highest BCUT2D eigenvalue weighted by atomic mass is 19.1. The maximum Gasteiger partial charge on any atom is 0.253 e. The maximum absolute atomic E-state index is 13.9. The molecule has 2 heterocycles. The van der Waals surface area contributed by atoms with E-state index in [2.05, 4.69) is 4.90 Å². The number of ether oxygens (including phenoxy) is 1. The molecule has 2 aliphatic heterocycles. The van der Waals surface area contributed by atoms with Gasteiger partial charge < -0.3 is 14.7 Å². The van der Waals surface area contributed by atoms with Crippen LogP contribution in [0, 0.1) is 17.7 Å². The third-order valence-electron chi connectivity index (χ3n) is 6.40. The lowest BCUT2D eigenvalue weighted by atomic mass is 9.77. The number of nitrogens with zero attached hydrogens (tertiary/aromatic N) is 2. The average molecular weight is 362 g/mol. The van der Waals surface area contributed by atoms with E-state index in [4.69, 9.17) is 4.74 Å². The number of amides is 1. The van der Waals surface area contributed by atoms with Crippen LogP contribution >= 0.6 is 0 Å². The maximum atomic E-state index is 13.9. The first-order valence-electron chi connectivity index (χ1n) is 9.61. The Labute approximate surface area is 153 Å². The predicted octanol–water partition coefficient (Wildman–Crippen LogP) is 2.14. The van der Waals surface area contributed by atoms with E-state index in [9.17, 15) is 14.3 Å². The van der Waals surface area contributed by atoms with Gasteiger partial charge in [-0.25, -0.2) is 4.39 Å². The summed E-state index contributed by atoms with van der Waals surface area (Å²) in [6.07, 6.45) is 3.83. The van der Waals surface area contributed by atoms with Crippen molar-refractivity contribution >= 4 is 5.91 Å². The molecule has 3 aliphatic rings. The Hall–Kier alpha value is -1.66. The number of halogens is 1. The lowest BCUT2D eigenvalue weighted by Gasteiger charge is -2.40. The predicted molar refractivity (Wildman–Crippen MR) is 95.7 cm³/mol. The Balaban J connectivity index is 1.44. The quantitative estimate of drug-likeness (QED) is 0.895. The van der Waals surface area contributed by atoms with Gasteiger partial charge in [0.2, 0.25) is 0 Å². The van der Waals surface area contributed by atoms with Crippen molar-refractivity contribution in [3.63, 3.8) is 0 Å². The lowest BCUT2D eigenvalue weighted by Crippen LogP contribution is -2.48. The first-order chi connectivity index (χ1) is 12.6. The molecule has 0 radical (unpaired) electrons. The molecule has 3 fully saturated rings. The van der Waals surface area contributed by atoms with Gasteiger partial charge in [0, 0.05) is 24.7 Å². The Bertz CT molecular complexity index is 677. The number of aliphatic hydroxyl groups is 1. The second kappa shape index (κ2) is 7.16. The van der Waals surface area contributed by atoms with Crippen molar-refractivity contribution < 1.29 is 19.0 Å². The van der Waals surface area contributed by atoms with Crippen LogP contribution in [0.5, 0.6) is 5.75 Å². The first kappa shape index (κ1) is 17.7. The molecule has 0 spiro atoms. The van der Waals surface area contributed by atoms with Crippen LogP contribution in [0.3, 0.4) is 0 Å². The molecule has 0 bridgehead atoms. The third kappa shape index (κ3) is 3.21. The van der Waals surface area contributed by atoms with Crippen molar-refractivity contribution in [1.29, 1.82) is 0 Å². The molecule has 1 saturated carbocycles. The lowest BCUT2D eigenvalue weighted by molar-refractivity contribution is -0.000864. The molecule has 4 rings (SSSR count). The molecule has 26 heavy (non-hydrogen) atoms. The van der Waals surface area contributed by atoms with E-state index >= 15 is 0 Å². The molecule has 6 heteroatoms. The Morgan fingerprint density at radius 2 is 1.88 bits per heavy atom. The number of aliphatic hydroxyl groups excluding tert-OH is 1. The number of carbonyl (C=O) groups is 1. The molecular formula is C20H27FN2O3. The molecule has 4 atom stereocenters. The molecule has 0 aromatic heterocycles. The van der Waals surface area contributed by atoms with E-state index in [-0.39, 0.29) is 23.8 Å². The van der Waals surface area contributed by atoms with Crippen LogP contribution in [0.25, 0.3) is 0 Å². The standard InChI is InChI=1S/C20H27FN2O3/c1-26-19-5-4-13(8-16(19)21)20(25)23-11-14-9-17(22-6-2-3-7-22)18(24)10-15(14)12-23/h4-5,8,14-15,17-18,24H,2-3,6-7,9-12H2,1H3/t14-,15+,17-,18-/m1/s1. The van der Waals surface area contributed by atoms with Gasteiger partial charge in [0.1, 0.15) is 0 Å². The van der Waals surface area contributed by atoms with Crippen molar-refractivity contribution in [3.05, 3.63) is 29.6 Å². The molecule has 5 nitrogen and oxygen atoms in total. The zero-order valence-electron chi connectivity index (χ0n) is 15.2. The zero-order chi connectivity index (χ0) is 18.3. The summed E-state index contributed by atoms with van der Waals surface area (Å²) < 4.78 is 18.9. The van der Waals surface area contributed by atoms with Gasteiger partial charge in [-0.05, 0) is 68.8 Å². The van der Waals surface area contributed by atoms with Gasteiger partial charge in [-0.3, -0.25) is 9.69 Å². The van der Waals surface area contributed by atoms with Crippen LogP contribution in [-0.4, -0.2) is 66.2 Å². The Kier molecular flexibility index (Phi) is 4.88. The van der Waals surface area contributed by atoms with Gasteiger partial charge in [-0.1, -0.05) is 0 Å². The van der Waals surface area contributed by atoms with Crippen LogP contribution in [0.15, 0.2) is 18.2 Å². The molecule has 142 valence electrons. The summed E-state index contributed by atoms with van der Waals surface area (Å²) >= 11 is 0. The van der Waals surface area contributed by atoms with E-state index in [1.807, 2.05) is 4.90 Å². The van der Waals surface area contributed by atoms with Crippen molar-refractivity contribution in [2.24, 2.45) is 11.8 Å². The normalized spacial score (nSPS) is 31.9. The SMILES string of the molecule is COc1ccc(C(=O)N2C[C@H]3C[C@@H](N4CCCC4)[C@H](O)C[C@H]3C2)cc1F. The number of hydrogen-bond donors (Lipinski definition) is 1. The van der Waals surface area contributed by atoms with Gasteiger partial charge >= 0.3 is 0 Å². The fraction of sp³-hybridized carbons (Fsp3) is 0.650. The zero-order valence-corrected chi connectivity index (χ0v) is 15.2. The van der Waals surface area contributed by atoms with Crippen LogP contribution in [-0.2, 0) is 0 Å². The number of likely N-dealkylation sites (tertiary alicyclic amines) is 2. The van der Waals surface area contributed by atoms with Crippen LogP contribution in [0.1, 0.15) is 36.0 Å². The topological polar surface area (TPSA) is 53.0 Å². The highest BCUT2D eigenvalue weighted by Crippen LogP contribution is 2.39. The molecule has 1 aliphatic carbocycles. The largest absolute Gasteiger partial charge is 0.494 e. The number of hydrogen-bond acceptors (Lipinski definition) is 4. The summed E-state index contributed by atoms with van der Waals surface area (Å²) in [6, 6.07) is 4.60. The third-order valence-corrected chi connectivity index (χ3v) is 6.40. The van der Waals surface area contributed by atoms with Crippen molar-refractivity contribution in [2.75, 3.05) is 33.3 Å². The highest BCUT2D eigenvalue weighted by molar-refractivity contribution is 5.94. The fourth-order valence-corrected chi connectivity index (χ4v) is 5.02. The molecule has 2 saturated heterocycles. The van der Waals surface area contributed by atoms with Gasteiger partial charge in [0.05, 0.1) is 13.2 Å².